The topological polar surface area (TPSA) is 160 Å². The standard InChI is InChI=1S/C42H43N7O4/c1-4-16-49(17-12-37(50)51)24-28-18-31(21-43)39-36(20-28)48-41(53-39)34-9-5-7-32(26(34)2)33-8-6-10-35(27(33)3)47-40-38-30(11-15-45-40)19-29(23-46-38)22-44-25-42(52)13-14-42/h5-11,15,18-20,23,44,52H,4,12-14,16-17,22,24-25H2,1-3H3,(H,45,47)(H,50,51). The second-order valence-electron chi connectivity index (χ2n) is 14.0. The summed E-state index contributed by atoms with van der Waals surface area (Å²) < 4.78 is 6.29. The van der Waals surface area contributed by atoms with Gasteiger partial charge < -0.3 is 25.3 Å². The Morgan fingerprint density at radius 2 is 1.77 bits per heavy atom. The van der Waals surface area contributed by atoms with Gasteiger partial charge in [0.2, 0.25) is 5.89 Å². The average molecular weight is 710 g/mol. The molecule has 3 aromatic heterocycles. The summed E-state index contributed by atoms with van der Waals surface area (Å²) >= 11 is 0. The number of fused-ring (bicyclic) bond motifs is 2. The number of aliphatic carboxylic acids is 1. The van der Waals surface area contributed by atoms with Crippen LogP contribution in [0.5, 0.6) is 0 Å². The first kappa shape index (κ1) is 35.7. The highest BCUT2D eigenvalue weighted by Crippen LogP contribution is 2.38. The number of nitrogens with zero attached hydrogens (tertiary/aromatic N) is 5. The number of carboxylic acids is 1. The number of carboxylic acid groups (broad SMARTS) is 1. The van der Waals surface area contributed by atoms with Crippen molar-refractivity contribution in [3.05, 3.63) is 101 Å². The molecule has 53 heavy (non-hydrogen) atoms. The van der Waals surface area contributed by atoms with Crippen molar-refractivity contribution in [3.63, 3.8) is 0 Å². The molecule has 0 atom stereocenters. The van der Waals surface area contributed by atoms with Gasteiger partial charge in [0.1, 0.15) is 17.1 Å². The van der Waals surface area contributed by atoms with E-state index in [-0.39, 0.29) is 6.42 Å². The summed E-state index contributed by atoms with van der Waals surface area (Å²) in [7, 11) is 0. The van der Waals surface area contributed by atoms with E-state index in [0.717, 1.165) is 81.3 Å². The molecule has 0 radical (unpaired) electrons. The van der Waals surface area contributed by atoms with Gasteiger partial charge in [-0.3, -0.25) is 14.7 Å². The predicted molar refractivity (Wildman–Crippen MR) is 206 cm³/mol. The van der Waals surface area contributed by atoms with Gasteiger partial charge in [0, 0.05) is 55.2 Å². The van der Waals surface area contributed by atoms with Crippen LogP contribution in [0.3, 0.4) is 0 Å². The number of oxazole rings is 1. The molecule has 4 N–H and O–H groups in total. The maximum atomic E-state index is 11.2. The molecule has 3 heterocycles. The third kappa shape index (κ3) is 7.90. The highest BCUT2D eigenvalue weighted by Gasteiger charge is 2.39. The molecule has 0 aliphatic heterocycles. The minimum Gasteiger partial charge on any atom is -0.481 e. The zero-order valence-electron chi connectivity index (χ0n) is 30.2. The van der Waals surface area contributed by atoms with Crippen molar-refractivity contribution < 1.29 is 19.4 Å². The molecule has 6 aromatic rings. The first-order chi connectivity index (χ1) is 25.6. The van der Waals surface area contributed by atoms with Crippen LogP contribution in [0.1, 0.15) is 60.4 Å². The maximum absolute atomic E-state index is 11.2. The summed E-state index contributed by atoms with van der Waals surface area (Å²) in [5, 5.41) is 37.2. The monoisotopic (exact) mass is 709 g/mol. The van der Waals surface area contributed by atoms with Crippen LogP contribution in [0, 0.1) is 25.2 Å². The summed E-state index contributed by atoms with van der Waals surface area (Å²) in [5.41, 5.74) is 9.41. The molecule has 3 aromatic carbocycles. The Morgan fingerprint density at radius 1 is 1.00 bits per heavy atom. The summed E-state index contributed by atoms with van der Waals surface area (Å²) in [6.07, 6.45) is 6.28. The lowest BCUT2D eigenvalue weighted by molar-refractivity contribution is -0.137. The Labute approximate surface area is 308 Å². The van der Waals surface area contributed by atoms with Crippen molar-refractivity contribution in [3.8, 4) is 28.7 Å². The molecule has 1 aliphatic rings. The fourth-order valence-electron chi connectivity index (χ4n) is 6.88. The highest BCUT2D eigenvalue weighted by atomic mass is 16.4. The van der Waals surface area contributed by atoms with Gasteiger partial charge in [-0.2, -0.15) is 5.26 Å². The van der Waals surface area contributed by atoms with Crippen molar-refractivity contribution in [1.29, 1.82) is 5.26 Å². The summed E-state index contributed by atoms with van der Waals surface area (Å²) in [5.74, 6) is 0.263. The second kappa shape index (κ2) is 15.1. The Balaban J connectivity index is 1.15. The van der Waals surface area contributed by atoms with E-state index in [4.69, 9.17) is 14.4 Å². The van der Waals surface area contributed by atoms with Crippen molar-refractivity contribution in [1.82, 2.24) is 25.2 Å². The van der Waals surface area contributed by atoms with Crippen molar-refractivity contribution in [2.24, 2.45) is 0 Å². The summed E-state index contributed by atoms with van der Waals surface area (Å²) in [6.45, 7) is 9.10. The van der Waals surface area contributed by atoms with E-state index in [1.807, 2.05) is 48.7 Å². The largest absolute Gasteiger partial charge is 0.481 e. The summed E-state index contributed by atoms with van der Waals surface area (Å²) in [4.78, 5) is 27.6. The molecule has 1 fully saturated rings. The van der Waals surface area contributed by atoms with Gasteiger partial charge in [-0.05, 0) is 109 Å². The molecule has 0 amide bonds. The first-order valence-corrected chi connectivity index (χ1v) is 18.1. The van der Waals surface area contributed by atoms with E-state index < -0.39 is 11.6 Å². The van der Waals surface area contributed by atoms with E-state index in [0.29, 0.717) is 54.6 Å². The lowest BCUT2D eigenvalue weighted by Crippen LogP contribution is -2.27. The van der Waals surface area contributed by atoms with Gasteiger partial charge in [0.25, 0.3) is 0 Å². The molecule has 0 saturated heterocycles. The average Bonchev–Trinajstić information content (AvgIpc) is 3.72. The molecule has 11 nitrogen and oxygen atoms in total. The Bertz CT molecular complexity index is 2360. The molecule has 0 bridgehead atoms. The Kier molecular flexibility index (Phi) is 10.2. The Hall–Kier alpha value is -5.67. The van der Waals surface area contributed by atoms with Crippen LogP contribution in [0.2, 0.25) is 0 Å². The Morgan fingerprint density at radius 3 is 2.53 bits per heavy atom. The number of hydrogen-bond acceptors (Lipinski definition) is 10. The van der Waals surface area contributed by atoms with Gasteiger partial charge in [0.15, 0.2) is 11.4 Å². The minimum absolute atomic E-state index is 0.0549. The van der Waals surface area contributed by atoms with E-state index in [1.54, 1.807) is 6.20 Å². The molecule has 0 spiro atoms. The van der Waals surface area contributed by atoms with E-state index in [2.05, 4.69) is 65.6 Å². The molecule has 1 aliphatic carbocycles. The number of benzene rings is 3. The van der Waals surface area contributed by atoms with Crippen LogP contribution in [0.25, 0.3) is 44.6 Å². The molecule has 11 heteroatoms. The van der Waals surface area contributed by atoms with Crippen molar-refractivity contribution in [2.75, 3.05) is 25.0 Å². The van der Waals surface area contributed by atoms with Crippen molar-refractivity contribution >= 4 is 39.5 Å². The van der Waals surface area contributed by atoms with Gasteiger partial charge >= 0.3 is 5.97 Å². The summed E-state index contributed by atoms with van der Waals surface area (Å²) in [6, 6.07) is 22.3. The zero-order valence-corrected chi connectivity index (χ0v) is 30.2. The SMILES string of the molecule is CCCN(CCC(=O)O)Cc1cc(C#N)c2oc(-c3cccc(-c4cccc(Nc5nccc6cc(CNCC7(O)CC7)cnc56)c4C)c3C)nc2c1. The molecular weight excluding hydrogens is 667 g/mol. The van der Waals surface area contributed by atoms with Crippen LogP contribution in [0.4, 0.5) is 11.5 Å². The number of nitriles is 1. The number of hydrogen-bond donors (Lipinski definition) is 4. The van der Waals surface area contributed by atoms with E-state index >= 15 is 0 Å². The lowest BCUT2D eigenvalue weighted by Gasteiger charge is -2.20. The number of nitrogens with one attached hydrogen (secondary N) is 2. The maximum Gasteiger partial charge on any atom is 0.304 e. The van der Waals surface area contributed by atoms with E-state index in [9.17, 15) is 20.3 Å². The van der Waals surface area contributed by atoms with Gasteiger partial charge in [0.05, 0.1) is 17.6 Å². The normalized spacial score (nSPS) is 13.4. The third-order valence-electron chi connectivity index (χ3n) is 9.97. The van der Waals surface area contributed by atoms with Gasteiger partial charge in [-0.1, -0.05) is 31.2 Å². The highest BCUT2D eigenvalue weighted by molar-refractivity contribution is 5.91. The first-order valence-electron chi connectivity index (χ1n) is 18.1. The van der Waals surface area contributed by atoms with E-state index in [1.165, 1.54) is 0 Å². The van der Waals surface area contributed by atoms with Crippen LogP contribution in [0.15, 0.2) is 77.5 Å². The van der Waals surface area contributed by atoms with Crippen molar-refractivity contribution in [2.45, 2.75) is 65.1 Å². The van der Waals surface area contributed by atoms with Crippen LogP contribution >= 0.6 is 0 Å². The molecule has 7 rings (SSSR count). The number of aliphatic hydroxyl groups is 1. The molecule has 1 saturated carbocycles. The zero-order chi connectivity index (χ0) is 37.1. The smallest absolute Gasteiger partial charge is 0.304 e. The number of carbonyl (C=O) groups is 1. The van der Waals surface area contributed by atoms with Crippen LogP contribution in [-0.4, -0.2) is 61.3 Å². The number of anilines is 2. The van der Waals surface area contributed by atoms with Gasteiger partial charge in [-0.25, -0.2) is 9.97 Å². The number of pyridine rings is 2. The molecule has 270 valence electrons. The number of aromatic nitrogens is 3. The molecule has 0 unspecified atom stereocenters. The van der Waals surface area contributed by atoms with Crippen LogP contribution < -0.4 is 10.6 Å². The fourth-order valence-corrected chi connectivity index (χ4v) is 6.88. The quantitative estimate of drug-likeness (QED) is 0.0830. The molecular formula is C42H43N7O4. The lowest BCUT2D eigenvalue weighted by atomic mass is 9.93. The minimum atomic E-state index is -0.833. The van der Waals surface area contributed by atoms with Gasteiger partial charge in [-0.15, -0.1) is 0 Å². The van der Waals surface area contributed by atoms with Crippen LogP contribution in [-0.2, 0) is 17.9 Å². The number of rotatable bonds is 15. The third-order valence-corrected chi connectivity index (χ3v) is 9.97. The second-order valence-corrected chi connectivity index (χ2v) is 14.0. The fraction of sp³-hybridized carbons (Fsp3) is 0.310. The predicted octanol–water partition coefficient (Wildman–Crippen LogP) is 7.64.